The van der Waals surface area contributed by atoms with Crippen molar-refractivity contribution in [1.82, 2.24) is 19.9 Å². The molecule has 0 aliphatic rings. The number of hydrogen-bond donors (Lipinski definition) is 2. The van der Waals surface area contributed by atoms with Gasteiger partial charge in [0.2, 0.25) is 5.95 Å². The Bertz CT molecular complexity index is 1100. The van der Waals surface area contributed by atoms with E-state index < -0.39 is 0 Å². The normalized spacial score (nSPS) is 12.2. The maximum atomic E-state index is 4.78. The number of hydrogen-bond acceptors (Lipinski definition) is 4. The number of rotatable bonds is 7. The summed E-state index contributed by atoms with van der Waals surface area (Å²) in [7, 11) is 0. The maximum absolute atomic E-state index is 4.78. The van der Waals surface area contributed by atoms with Gasteiger partial charge >= 0.3 is 0 Å². The van der Waals surface area contributed by atoms with Gasteiger partial charge in [0.25, 0.3) is 0 Å². The SMILES string of the molecule is CCCC(CC)Nc1nccc(-c2c[nH]c3ncc(-c4ccc(C)cc4)cc23)n1. The number of benzene rings is 1. The van der Waals surface area contributed by atoms with Crippen LogP contribution in [0.2, 0.25) is 0 Å². The number of nitrogens with zero attached hydrogens (tertiary/aromatic N) is 3. The minimum absolute atomic E-state index is 0.396. The average Bonchev–Trinajstić information content (AvgIpc) is 3.17. The largest absolute Gasteiger partial charge is 0.351 e. The molecule has 0 saturated carbocycles. The zero-order valence-electron chi connectivity index (χ0n) is 17.2. The highest BCUT2D eigenvalue weighted by Crippen LogP contribution is 2.30. The van der Waals surface area contributed by atoms with Gasteiger partial charge in [-0.2, -0.15) is 0 Å². The first-order valence-electron chi connectivity index (χ1n) is 10.3. The zero-order chi connectivity index (χ0) is 20.2. The Hall–Kier alpha value is -3.21. The Balaban J connectivity index is 1.70. The predicted molar refractivity (Wildman–Crippen MR) is 120 cm³/mol. The molecule has 1 unspecified atom stereocenters. The van der Waals surface area contributed by atoms with Gasteiger partial charge in [0, 0.05) is 41.1 Å². The number of aromatic nitrogens is 4. The Labute approximate surface area is 171 Å². The summed E-state index contributed by atoms with van der Waals surface area (Å²) >= 11 is 0. The lowest BCUT2D eigenvalue weighted by atomic mass is 10.0. The van der Waals surface area contributed by atoms with E-state index in [1.807, 2.05) is 24.7 Å². The van der Waals surface area contributed by atoms with Gasteiger partial charge in [-0.15, -0.1) is 0 Å². The summed E-state index contributed by atoms with van der Waals surface area (Å²) in [6.45, 7) is 6.49. The second-order valence-corrected chi connectivity index (χ2v) is 7.49. The average molecular weight is 386 g/mol. The van der Waals surface area contributed by atoms with Crippen LogP contribution >= 0.6 is 0 Å². The van der Waals surface area contributed by atoms with Gasteiger partial charge in [-0.25, -0.2) is 15.0 Å². The molecule has 5 heteroatoms. The van der Waals surface area contributed by atoms with Crippen LogP contribution in [0.3, 0.4) is 0 Å². The van der Waals surface area contributed by atoms with E-state index in [-0.39, 0.29) is 0 Å². The van der Waals surface area contributed by atoms with Crippen LogP contribution in [0.15, 0.2) is 55.0 Å². The van der Waals surface area contributed by atoms with Crippen LogP contribution in [-0.2, 0) is 0 Å². The molecule has 0 spiro atoms. The van der Waals surface area contributed by atoms with Crippen LogP contribution in [0.25, 0.3) is 33.4 Å². The maximum Gasteiger partial charge on any atom is 0.223 e. The number of H-pyrrole nitrogens is 1. The van der Waals surface area contributed by atoms with Gasteiger partial charge in [-0.3, -0.25) is 0 Å². The Kier molecular flexibility index (Phi) is 5.56. The summed E-state index contributed by atoms with van der Waals surface area (Å²) < 4.78 is 0. The third kappa shape index (κ3) is 4.14. The van der Waals surface area contributed by atoms with Gasteiger partial charge < -0.3 is 10.3 Å². The molecule has 0 aliphatic carbocycles. The quantitative estimate of drug-likeness (QED) is 0.410. The number of anilines is 1. The summed E-state index contributed by atoms with van der Waals surface area (Å²) in [4.78, 5) is 17.1. The molecule has 0 saturated heterocycles. The number of pyridine rings is 1. The summed E-state index contributed by atoms with van der Waals surface area (Å²) in [6.07, 6.45) is 9.02. The van der Waals surface area contributed by atoms with Gasteiger partial charge in [-0.1, -0.05) is 50.1 Å². The van der Waals surface area contributed by atoms with E-state index in [0.717, 1.165) is 52.7 Å². The minimum Gasteiger partial charge on any atom is -0.351 e. The first kappa shape index (κ1) is 19.1. The standard InChI is InChI=1S/C24H27N5/c1-4-6-19(5-2)28-24-25-12-11-22(29-24)21-15-27-23-20(21)13-18(14-26-23)17-9-7-16(3)8-10-17/h7-15,19H,4-6H2,1-3H3,(H,26,27)(H,25,28,29). The van der Waals surface area contributed by atoms with E-state index in [9.17, 15) is 0 Å². The molecule has 0 bridgehead atoms. The Morgan fingerprint density at radius 3 is 2.62 bits per heavy atom. The summed E-state index contributed by atoms with van der Waals surface area (Å²) in [5.74, 6) is 0.680. The van der Waals surface area contributed by atoms with Crippen LogP contribution in [0.5, 0.6) is 0 Å². The van der Waals surface area contributed by atoms with E-state index in [2.05, 4.69) is 71.4 Å². The lowest BCUT2D eigenvalue weighted by molar-refractivity contribution is 0.618. The monoisotopic (exact) mass is 385 g/mol. The van der Waals surface area contributed by atoms with E-state index in [0.29, 0.717) is 12.0 Å². The lowest BCUT2D eigenvalue weighted by Crippen LogP contribution is -2.19. The highest BCUT2D eigenvalue weighted by atomic mass is 15.1. The molecule has 0 amide bonds. The van der Waals surface area contributed by atoms with Crippen molar-refractivity contribution in [3.8, 4) is 22.4 Å². The molecular formula is C24H27N5. The summed E-state index contributed by atoms with van der Waals surface area (Å²) in [5.41, 5.74) is 6.30. The van der Waals surface area contributed by atoms with E-state index >= 15 is 0 Å². The fourth-order valence-corrected chi connectivity index (χ4v) is 3.61. The van der Waals surface area contributed by atoms with Gasteiger partial charge in [0.15, 0.2) is 0 Å². The topological polar surface area (TPSA) is 66.5 Å². The fourth-order valence-electron chi connectivity index (χ4n) is 3.61. The first-order valence-corrected chi connectivity index (χ1v) is 10.3. The molecule has 3 aromatic heterocycles. The highest BCUT2D eigenvalue weighted by Gasteiger charge is 2.12. The fraction of sp³-hybridized carbons (Fsp3) is 0.292. The number of aromatic amines is 1. The summed E-state index contributed by atoms with van der Waals surface area (Å²) in [6, 6.07) is 13.0. The van der Waals surface area contributed by atoms with Gasteiger partial charge in [0.1, 0.15) is 5.65 Å². The molecule has 3 heterocycles. The molecule has 4 aromatic rings. The third-order valence-corrected chi connectivity index (χ3v) is 5.31. The van der Waals surface area contributed by atoms with Crippen molar-refractivity contribution in [2.45, 2.75) is 46.1 Å². The van der Waals surface area contributed by atoms with Crippen molar-refractivity contribution in [2.75, 3.05) is 5.32 Å². The second kappa shape index (κ2) is 8.43. The van der Waals surface area contributed by atoms with Crippen molar-refractivity contribution in [1.29, 1.82) is 0 Å². The van der Waals surface area contributed by atoms with Crippen molar-refractivity contribution < 1.29 is 0 Å². The van der Waals surface area contributed by atoms with Crippen LogP contribution < -0.4 is 5.32 Å². The zero-order valence-corrected chi connectivity index (χ0v) is 17.2. The molecule has 0 radical (unpaired) electrons. The van der Waals surface area contributed by atoms with E-state index in [4.69, 9.17) is 4.98 Å². The molecule has 29 heavy (non-hydrogen) atoms. The smallest absolute Gasteiger partial charge is 0.223 e. The van der Waals surface area contributed by atoms with Crippen molar-refractivity contribution in [3.63, 3.8) is 0 Å². The third-order valence-electron chi connectivity index (χ3n) is 5.31. The Morgan fingerprint density at radius 1 is 1.03 bits per heavy atom. The lowest BCUT2D eigenvalue weighted by Gasteiger charge is -2.16. The van der Waals surface area contributed by atoms with E-state index in [1.54, 1.807) is 0 Å². The van der Waals surface area contributed by atoms with Crippen molar-refractivity contribution in [2.24, 2.45) is 0 Å². The molecule has 0 aliphatic heterocycles. The number of aryl methyl sites for hydroxylation is 1. The molecule has 4 rings (SSSR count). The molecule has 148 valence electrons. The van der Waals surface area contributed by atoms with Crippen molar-refractivity contribution in [3.05, 3.63) is 60.6 Å². The molecule has 1 aromatic carbocycles. The van der Waals surface area contributed by atoms with Crippen molar-refractivity contribution >= 4 is 17.0 Å². The van der Waals surface area contributed by atoms with Gasteiger partial charge in [-0.05, 0) is 37.5 Å². The molecule has 5 nitrogen and oxygen atoms in total. The van der Waals surface area contributed by atoms with Crippen LogP contribution in [0, 0.1) is 6.92 Å². The predicted octanol–water partition coefficient (Wildman–Crippen LogP) is 5.99. The second-order valence-electron chi connectivity index (χ2n) is 7.49. The molecule has 0 fully saturated rings. The number of fused-ring (bicyclic) bond motifs is 1. The van der Waals surface area contributed by atoms with Crippen LogP contribution in [0.4, 0.5) is 5.95 Å². The molecular weight excluding hydrogens is 358 g/mol. The molecule has 1 atom stereocenters. The minimum atomic E-state index is 0.396. The van der Waals surface area contributed by atoms with Crippen LogP contribution in [-0.4, -0.2) is 26.0 Å². The first-order chi connectivity index (χ1) is 14.2. The highest BCUT2D eigenvalue weighted by molar-refractivity contribution is 5.95. The van der Waals surface area contributed by atoms with Gasteiger partial charge in [0.05, 0.1) is 5.69 Å². The van der Waals surface area contributed by atoms with Crippen LogP contribution in [0.1, 0.15) is 38.7 Å². The number of nitrogens with one attached hydrogen (secondary N) is 2. The van der Waals surface area contributed by atoms with E-state index in [1.165, 1.54) is 5.56 Å². The summed E-state index contributed by atoms with van der Waals surface area (Å²) in [5, 5.41) is 4.54. The molecule has 2 N–H and O–H groups in total. The Morgan fingerprint density at radius 2 is 1.86 bits per heavy atom.